The van der Waals surface area contributed by atoms with Crippen molar-refractivity contribution in [2.45, 2.75) is 26.2 Å². The zero-order valence-electron chi connectivity index (χ0n) is 18.0. The second kappa shape index (κ2) is 8.30. The summed E-state index contributed by atoms with van der Waals surface area (Å²) in [6.45, 7) is 1.37. The van der Waals surface area contributed by atoms with Crippen molar-refractivity contribution in [3.63, 3.8) is 0 Å². The third kappa shape index (κ3) is 3.80. The first-order chi connectivity index (χ1) is 15.8. The number of nitrogens with one attached hydrogen (secondary N) is 1. The van der Waals surface area contributed by atoms with Gasteiger partial charge in [0, 0.05) is 10.7 Å². The first-order valence-electron chi connectivity index (χ1n) is 11.0. The zero-order chi connectivity index (χ0) is 23.3. The molecular weight excluding hydrogens is 444 g/mol. The third-order valence-electron chi connectivity index (χ3n) is 7.06. The minimum atomic E-state index is -0.715. The van der Waals surface area contributed by atoms with Crippen LogP contribution in [0.15, 0.2) is 42.5 Å². The Morgan fingerprint density at radius 1 is 1.06 bits per heavy atom. The van der Waals surface area contributed by atoms with Gasteiger partial charge in [-0.15, -0.1) is 0 Å². The largest absolute Gasteiger partial charge is 0.452 e. The van der Waals surface area contributed by atoms with E-state index in [1.54, 1.807) is 30.3 Å². The maximum absolute atomic E-state index is 13.0. The molecule has 0 aromatic heterocycles. The molecule has 4 atom stereocenters. The molecule has 170 valence electrons. The molecule has 3 amide bonds. The van der Waals surface area contributed by atoms with Crippen LogP contribution in [0.3, 0.4) is 0 Å². The van der Waals surface area contributed by atoms with Crippen LogP contribution in [0.25, 0.3) is 0 Å². The van der Waals surface area contributed by atoms with Crippen LogP contribution >= 0.6 is 11.6 Å². The van der Waals surface area contributed by atoms with Crippen molar-refractivity contribution in [2.75, 3.05) is 16.8 Å². The molecule has 2 aromatic rings. The molecular formula is C25H23ClN2O5. The van der Waals surface area contributed by atoms with E-state index in [9.17, 15) is 19.2 Å². The summed E-state index contributed by atoms with van der Waals surface area (Å²) >= 11 is 6.06. The topological polar surface area (TPSA) is 92.8 Å². The summed E-state index contributed by atoms with van der Waals surface area (Å²) < 4.78 is 5.13. The molecule has 1 aliphatic heterocycles. The van der Waals surface area contributed by atoms with Gasteiger partial charge in [-0.3, -0.25) is 19.3 Å². The fourth-order valence-electron chi connectivity index (χ4n) is 5.52. The summed E-state index contributed by atoms with van der Waals surface area (Å²) in [5.41, 5.74) is 1.91. The number of carbonyl (C=O) groups excluding carboxylic acids is 4. The van der Waals surface area contributed by atoms with E-state index in [0.29, 0.717) is 16.4 Å². The minimum absolute atomic E-state index is 0.166. The van der Waals surface area contributed by atoms with Gasteiger partial charge in [-0.05, 0) is 73.9 Å². The van der Waals surface area contributed by atoms with Gasteiger partial charge in [-0.25, -0.2) is 4.79 Å². The van der Waals surface area contributed by atoms with Crippen LogP contribution < -0.4 is 10.2 Å². The molecule has 2 bridgehead atoms. The van der Waals surface area contributed by atoms with Gasteiger partial charge >= 0.3 is 5.97 Å². The third-order valence-corrected chi connectivity index (χ3v) is 7.46. The Labute approximate surface area is 196 Å². The maximum Gasteiger partial charge on any atom is 0.338 e. The van der Waals surface area contributed by atoms with Gasteiger partial charge in [0.2, 0.25) is 11.8 Å². The smallest absolute Gasteiger partial charge is 0.338 e. The van der Waals surface area contributed by atoms with E-state index >= 15 is 0 Å². The molecule has 7 nitrogen and oxygen atoms in total. The molecule has 3 aliphatic rings. The molecule has 3 fully saturated rings. The monoisotopic (exact) mass is 466 g/mol. The summed E-state index contributed by atoms with van der Waals surface area (Å²) in [5.74, 6) is -1.44. The zero-order valence-corrected chi connectivity index (χ0v) is 18.8. The highest BCUT2D eigenvalue weighted by Crippen LogP contribution is 2.56. The van der Waals surface area contributed by atoms with Gasteiger partial charge in [0.15, 0.2) is 6.61 Å². The highest BCUT2D eigenvalue weighted by molar-refractivity contribution is 6.31. The van der Waals surface area contributed by atoms with E-state index in [-0.39, 0.29) is 41.0 Å². The van der Waals surface area contributed by atoms with Crippen molar-refractivity contribution in [2.24, 2.45) is 23.7 Å². The quantitative estimate of drug-likeness (QED) is 0.531. The molecule has 2 aromatic carbocycles. The van der Waals surface area contributed by atoms with Crippen LogP contribution in [-0.4, -0.2) is 30.3 Å². The van der Waals surface area contributed by atoms with E-state index in [4.69, 9.17) is 16.3 Å². The number of hydrogen-bond acceptors (Lipinski definition) is 5. The number of aryl methyl sites for hydroxylation is 1. The van der Waals surface area contributed by atoms with Crippen molar-refractivity contribution in [1.29, 1.82) is 0 Å². The number of amides is 3. The number of halogens is 1. The van der Waals surface area contributed by atoms with Crippen LogP contribution in [0.1, 0.15) is 35.2 Å². The summed E-state index contributed by atoms with van der Waals surface area (Å²) in [7, 11) is 0. The van der Waals surface area contributed by atoms with Crippen molar-refractivity contribution in [3.8, 4) is 0 Å². The molecule has 0 unspecified atom stereocenters. The Hall–Kier alpha value is -3.19. The Bertz CT molecular complexity index is 1150. The summed E-state index contributed by atoms with van der Waals surface area (Å²) in [6.07, 6.45) is 2.97. The molecule has 1 heterocycles. The lowest BCUT2D eigenvalue weighted by atomic mass is 9.81. The SMILES string of the molecule is Cc1ccc(NC(=O)COC(=O)c2cccc(N3C(=O)[C@@H]4[C@H]5CC[C@@H](C5)[C@@H]4C3=O)c2)cc1Cl. The van der Waals surface area contributed by atoms with Crippen molar-refractivity contribution >= 4 is 46.7 Å². The fourth-order valence-corrected chi connectivity index (χ4v) is 5.70. The number of hydrogen-bond donors (Lipinski definition) is 1. The van der Waals surface area contributed by atoms with Gasteiger partial charge in [-0.2, -0.15) is 0 Å². The molecule has 0 spiro atoms. The molecule has 1 saturated heterocycles. The summed E-state index contributed by atoms with van der Waals surface area (Å²) in [6, 6.07) is 11.3. The average Bonchev–Trinajstić information content (AvgIpc) is 3.48. The number of anilines is 2. The number of fused-ring (bicyclic) bond motifs is 5. The van der Waals surface area contributed by atoms with Gasteiger partial charge in [0.1, 0.15) is 0 Å². The lowest BCUT2D eigenvalue weighted by molar-refractivity contribution is -0.123. The van der Waals surface area contributed by atoms with Crippen molar-refractivity contribution in [1.82, 2.24) is 0 Å². The van der Waals surface area contributed by atoms with Crippen LogP contribution in [0.2, 0.25) is 5.02 Å². The molecule has 1 N–H and O–H groups in total. The second-order valence-corrected chi connectivity index (χ2v) is 9.44. The summed E-state index contributed by atoms with van der Waals surface area (Å²) in [5, 5.41) is 3.14. The van der Waals surface area contributed by atoms with E-state index < -0.39 is 18.5 Å². The van der Waals surface area contributed by atoms with Gasteiger partial charge in [-0.1, -0.05) is 23.7 Å². The second-order valence-electron chi connectivity index (χ2n) is 9.04. The lowest BCUT2D eigenvalue weighted by Gasteiger charge is -2.19. The predicted molar refractivity (Wildman–Crippen MR) is 122 cm³/mol. The van der Waals surface area contributed by atoms with E-state index in [1.165, 1.54) is 17.0 Å². The van der Waals surface area contributed by atoms with E-state index in [1.807, 2.05) is 6.92 Å². The molecule has 0 radical (unpaired) electrons. The Morgan fingerprint density at radius 3 is 2.42 bits per heavy atom. The van der Waals surface area contributed by atoms with Crippen molar-refractivity contribution in [3.05, 3.63) is 58.6 Å². The average molecular weight is 467 g/mol. The van der Waals surface area contributed by atoms with Crippen LogP contribution in [-0.2, 0) is 19.1 Å². The minimum Gasteiger partial charge on any atom is -0.452 e. The van der Waals surface area contributed by atoms with E-state index in [2.05, 4.69) is 5.32 Å². The van der Waals surface area contributed by atoms with Gasteiger partial charge in [0.25, 0.3) is 5.91 Å². The maximum atomic E-state index is 13.0. The normalized spacial score (nSPS) is 25.3. The summed E-state index contributed by atoms with van der Waals surface area (Å²) in [4.78, 5) is 52.0. The van der Waals surface area contributed by atoms with Gasteiger partial charge in [0.05, 0.1) is 23.1 Å². The van der Waals surface area contributed by atoms with Gasteiger partial charge < -0.3 is 10.1 Å². The highest BCUT2D eigenvalue weighted by atomic mass is 35.5. The molecule has 8 heteroatoms. The number of esters is 1. The van der Waals surface area contributed by atoms with E-state index in [0.717, 1.165) is 24.8 Å². The van der Waals surface area contributed by atoms with Crippen molar-refractivity contribution < 1.29 is 23.9 Å². The fraction of sp³-hybridized carbons (Fsp3) is 0.360. The number of ether oxygens (including phenoxy) is 1. The Balaban J connectivity index is 1.24. The number of nitrogens with zero attached hydrogens (tertiary/aromatic N) is 1. The molecule has 2 aliphatic carbocycles. The number of rotatable bonds is 5. The van der Waals surface area contributed by atoms with Crippen LogP contribution in [0, 0.1) is 30.6 Å². The predicted octanol–water partition coefficient (Wildman–Crippen LogP) is 3.98. The Morgan fingerprint density at radius 2 is 1.76 bits per heavy atom. The molecule has 5 rings (SSSR count). The van der Waals surface area contributed by atoms with Crippen LogP contribution in [0.5, 0.6) is 0 Å². The first-order valence-corrected chi connectivity index (χ1v) is 11.4. The highest BCUT2D eigenvalue weighted by Gasteiger charge is 2.61. The Kier molecular flexibility index (Phi) is 5.44. The number of imide groups is 1. The standard InChI is InChI=1S/C25H23ClN2O5/c1-13-5-8-17(11-19(13)26)27-20(29)12-33-25(32)16-3-2-4-18(10-16)28-23(30)21-14-6-7-15(9-14)22(21)24(28)31/h2-5,8,10-11,14-15,21-22H,6-7,9,12H2,1H3,(H,27,29)/t14-,15-,21-,22+/m0/s1. The number of carbonyl (C=O) groups is 4. The molecule has 33 heavy (non-hydrogen) atoms. The number of benzene rings is 2. The molecule has 2 saturated carbocycles. The van der Waals surface area contributed by atoms with Crippen LogP contribution in [0.4, 0.5) is 11.4 Å². The lowest BCUT2D eigenvalue weighted by Crippen LogP contribution is -2.32. The first kappa shape index (κ1) is 21.6.